The Kier molecular flexibility index (Phi) is 10.2. The van der Waals surface area contributed by atoms with Crippen LogP contribution in [0.3, 0.4) is 0 Å². The number of nitrogens with one attached hydrogen (secondary N) is 3. The number of alkyl halides is 2. The minimum Gasteiger partial charge on any atom is -0.480 e. The largest absolute Gasteiger partial charge is 0.480 e. The molecule has 5 fully saturated rings. The molecule has 3 atom stereocenters. The van der Waals surface area contributed by atoms with Crippen molar-refractivity contribution >= 4 is 74.0 Å². The zero-order chi connectivity index (χ0) is 44.9. The number of halogens is 3. The standard InChI is InChI=1S/C47H54ClF2N11O4/c1-26-21-60(30-7-8-31-36(19-30)58(3)56-38(31)32-9-11-37(62)53-43(32)63)17-16-59(26)22-27-12-14-46(15-13-27)23-61(24-46)45-51-20-34(48)42(55-45)52-29-6-10-35-33(18-29)39-40(44(64)57(35)2)65-25-47(49,50)41(54-39)28-4-5-28/h6-8,10,18-20,26-28,32,41,54H,4-5,9,11-17,21-25H2,1-3H3,(H,51,52,55)(H,53,62,63). The molecule has 11 rings (SSSR count). The lowest BCUT2D eigenvalue weighted by molar-refractivity contribution is -0.134. The molecule has 7 heterocycles. The van der Waals surface area contributed by atoms with Crippen LogP contribution in [0.15, 0.2) is 47.4 Å². The number of hydrogen-bond donors (Lipinski definition) is 3. The van der Waals surface area contributed by atoms with Gasteiger partial charge in [-0.2, -0.15) is 10.1 Å². The summed E-state index contributed by atoms with van der Waals surface area (Å²) in [6.07, 6.45) is 8.55. The molecule has 15 nitrogen and oxygen atoms in total. The summed E-state index contributed by atoms with van der Waals surface area (Å²) in [6, 6.07) is 11.1. The molecule has 3 unspecified atom stereocenters. The zero-order valence-electron chi connectivity index (χ0n) is 36.9. The number of amides is 2. The third kappa shape index (κ3) is 7.61. The number of fused-ring (bicyclic) bond motifs is 4. The van der Waals surface area contributed by atoms with Crippen molar-refractivity contribution < 1.29 is 23.1 Å². The Morgan fingerprint density at radius 2 is 1.75 bits per heavy atom. The smallest absolute Gasteiger partial charge is 0.301 e. The van der Waals surface area contributed by atoms with E-state index in [2.05, 4.69) is 60.8 Å². The predicted octanol–water partition coefficient (Wildman–Crippen LogP) is 6.56. The Bertz CT molecular complexity index is 2800. The van der Waals surface area contributed by atoms with E-state index in [9.17, 15) is 14.4 Å². The number of carbonyl (C=O) groups excluding carboxylic acids is 2. The van der Waals surface area contributed by atoms with Crippen LogP contribution in [-0.4, -0.2) is 105 Å². The van der Waals surface area contributed by atoms with Gasteiger partial charge in [-0.05, 0) is 100 Å². The van der Waals surface area contributed by atoms with Crippen molar-refractivity contribution in [3.8, 4) is 5.75 Å². The van der Waals surface area contributed by atoms with Crippen LogP contribution in [0.1, 0.15) is 69.9 Å². The van der Waals surface area contributed by atoms with Crippen LogP contribution >= 0.6 is 11.6 Å². The second-order valence-electron chi connectivity index (χ2n) is 19.6. The highest BCUT2D eigenvalue weighted by Gasteiger charge is 2.51. The maximum atomic E-state index is 15.2. The number of benzene rings is 2. The first kappa shape index (κ1) is 42.1. The monoisotopic (exact) mass is 909 g/mol. The molecule has 2 aromatic carbocycles. The molecule has 3 N–H and O–H groups in total. The van der Waals surface area contributed by atoms with Gasteiger partial charge in [0.05, 0.1) is 40.6 Å². The molecule has 3 aromatic heterocycles. The van der Waals surface area contributed by atoms with E-state index >= 15 is 8.78 Å². The van der Waals surface area contributed by atoms with Crippen molar-refractivity contribution in [2.45, 2.75) is 82.2 Å². The molecule has 2 saturated carbocycles. The van der Waals surface area contributed by atoms with E-state index in [1.54, 1.807) is 19.3 Å². The van der Waals surface area contributed by atoms with Gasteiger partial charge in [0.1, 0.15) is 5.02 Å². The summed E-state index contributed by atoms with van der Waals surface area (Å²) in [5.74, 6) is -2.61. The Balaban J connectivity index is 0.701. The average molecular weight is 910 g/mol. The third-order valence-electron chi connectivity index (χ3n) is 15.2. The van der Waals surface area contributed by atoms with E-state index in [1.165, 1.54) is 30.3 Å². The quantitative estimate of drug-likeness (QED) is 0.145. The van der Waals surface area contributed by atoms with Gasteiger partial charge in [0.2, 0.25) is 23.5 Å². The lowest BCUT2D eigenvalue weighted by atomic mass is 9.66. The van der Waals surface area contributed by atoms with Crippen molar-refractivity contribution in [3.05, 3.63) is 63.7 Å². The number of piperazine rings is 1. The van der Waals surface area contributed by atoms with Gasteiger partial charge in [-0.15, -0.1) is 0 Å². The van der Waals surface area contributed by atoms with Gasteiger partial charge in [0, 0.05) is 93.4 Å². The first-order valence-electron chi connectivity index (χ1n) is 23.0. The number of aromatic nitrogens is 5. The van der Waals surface area contributed by atoms with Crippen molar-refractivity contribution in [1.29, 1.82) is 0 Å². The van der Waals surface area contributed by atoms with E-state index in [0.29, 0.717) is 71.0 Å². The second kappa shape index (κ2) is 15.8. The van der Waals surface area contributed by atoms with Crippen LogP contribution in [0, 0.1) is 17.3 Å². The first-order chi connectivity index (χ1) is 31.2. The van der Waals surface area contributed by atoms with E-state index in [1.807, 2.05) is 23.9 Å². The number of nitrogens with zero attached hydrogens (tertiary/aromatic N) is 8. The number of rotatable bonds is 8. The van der Waals surface area contributed by atoms with Crippen molar-refractivity contribution in [1.82, 2.24) is 34.5 Å². The molecule has 5 aromatic rings. The molecule has 0 radical (unpaired) electrons. The number of aryl methyl sites for hydroxylation is 2. The van der Waals surface area contributed by atoms with Gasteiger partial charge in [-0.1, -0.05) is 11.6 Å². The number of imide groups is 1. The van der Waals surface area contributed by atoms with Gasteiger partial charge in [-0.3, -0.25) is 29.3 Å². The molecule has 342 valence electrons. The summed E-state index contributed by atoms with van der Waals surface area (Å²) in [7, 11) is 3.53. The summed E-state index contributed by atoms with van der Waals surface area (Å²) >= 11 is 6.66. The Labute approximate surface area is 379 Å². The maximum absolute atomic E-state index is 15.2. The second-order valence-corrected chi connectivity index (χ2v) is 20.0. The highest BCUT2D eigenvalue weighted by molar-refractivity contribution is 6.33. The van der Waals surface area contributed by atoms with Gasteiger partial charge in [0.25, 0.3) is 5.56 Å². The Hall–Kier alpha value is -5.55. The molecule has 6 aliphatic rings. The fraction of sp³-hybridized carbons (Fsp3) is 0.532. The summed E-state index contributed by atoms with van der Waals surface area (Å²) in [4.78, 5) is 54.5. The number of pyridine rings is 1. The molecule has 2 aliphatic carbocycles. The van der Waals surface area contributed by atoms with Crippen molar-refractivity contribution in [3.63, 3.8) is 0 Å². The molecule has 1 spiro atoms. The van der Waals surface area contributed by atoms with E-state index in [4.69, 9.17) is 26.4 Å². The minimum atomic E-state index is -3.13. The van der Waals surface area contributed by atoms with E-state index < -0.39 is 30.0 Å². The highest BCUT2D eigenvalue weighted by atomic mass is 35.5. The fourth-order valence-corrected chi connectivity index (χ4v) is 11.4. The number of ether oxygens (including phenoxy) is 1. The number of hydrogen-bond acceptors (Lipinski definition) is 12. The number of carbonyl (C=O) groups is 2. The molecule has 0 bridgehead atoms. The van der Waals surface area contributed by atoms with Gasteiger partial charge in [-0.25, -0.2) is 13.8 Å². The minimum absolute atomic E-state index is 0.0989. The SMILES string of the molecule is CC1CN(c2ccc3c(C4CCC(=O)NC4=O)nn(C)c3c2)CCN1CC1CCC2(CC1)CN(c1ncc(Cl)c(Nc3ccc4c(c3)c3c(c(=O)n4C)OCC(F)(F)C(C4CC4)N3)n1)C2. The van der Waals surface area contributed by atoms with Crippen LogP contribution in [0.5, 0.6) is 5.75 Å². The summed E-state index contributed by atoms with van der Waals surface area (Å²) < 4.78 is 39.2. The van der Waals surface area contributed by atoms with E-state index in [0.717, 1.165) is 61.6 Å². The van der Waals surface area contributed by atoms with Crippen LogP contribution in [0.25, 0.3) is 21.8 Å². The molecule has 4 aliphatic heterocycles. The van der Waals surface area contributed by atoms with Crippen molar-refractivity contribution in [2.24, 2.45) is 31.3 Å². The lowest BCUT2D eigenvalue weighted by Crippen LogP contribution is -2.59. The predicted molar refractivity (Wildman–Crippen MR) is 246 cm³/mol. The molecular formula is C47H54ClF2N11O4. The normalized spacial score (nSPS) is 24.6. The molecule has 65 heavy (non-hydrogen) atoms. The van der Waals surface area contributed by atoms with Crippen LogP contribution in [0.2, 0.25) is 5.02 Å². The van der Waals surface area contributed by atoms with Gasteiger partial charge < -0.3 is 29.7 Å². The van der Waals surface area contributed by atoms with Crippen LogP contribution < -0.4 is 36.0 Å². The topological polar surface area (TPSA) is 155 Å². The Morgan fingerprint density at radius 1 is 0.954 bits per heavy atom. The Morgan fingerprint density at radius 3 is 2.51 bits per heavy atom. The van der Waals surface area contributed by atoms with E-state index in [-0.39, 0.29) is 34.6 Å². The molecule has 18 heteroatoms. The average Bonchev–Trinajstić information content (AvgIpc) is 4.08. The molecule has 2 amide bonds. The zero-order valence-corrected chi connectivity index (χ0v) is 37.6. The van der Waals surface area contributed by atoms with Crippen LogP contribution in [0.4, 0.5) is 37.6 Å². The number of piperidine rings is 1. The first-order valence-corrected chi connectivity index (χ1v) is 23.4. The van der Waals surface area contributed by atoms with Gasteiger partial charge in [0.15, 0.2) is 12.4 Å². The maximum Gasteiger partial charge on any atom is 0.301 e. The third-order valence-corrected chi connectivity index (χ3v) is 15.4. The van der Waals surface area contributed by atoms with Crippen molar-refractivity contribution in [2.75, 3.05) is 66.3 Å². The highest BCUT2D eigenvalue weighted by Crippen LogP contribution is 2.48. The summed E-state index contributed by atoms with van der Waals surface area (Å²) in [5.41, 5.74) is 4.17. The number of anilines is 5. The van der Waals surface area contributed by atoms with Gasteiger partial charge >= 0.3 is 5.92 Å². The van der Waals surface area contributed by atoms with Crippen LogP contribution in [-0.2, 0) is 23.7 Å². The summed E-state index contributed by atoms with van der Waals surface area (Å²) in [5, 5.41) is 15.5. The fourth-order valence-electron chi connectivity index (χ4n) is 11.2. The summed E-state index contributed by atoms with van der Waals surface area (Å²) in [6.45, 7) is 7.23. The lowest BCUT2D eigenvalue weighted by Gasteiger charge is -2.54. The molecular weight excluding hydrogens is 856 g/mol. The molecule has 3 saturated heterocycles.